The molecule has 0 fully saturated rings. The summed E-state index contributed by atoms with van der Waals surface area (Å²) in [6.07, 6.45) is -4.36. The molecule has 0 aromatic heterocycles. The maximum Gasteiger partial charge on any atom is 0.418 e. The van der Waals surface area contributed by atoms with Crippen LogP contribution in [0.1, 0.15) is 5.56 Å². The second kappa shape index (κ2) is 3.12. The van der Waals surface area contributed by atoms with E-state index >= 15 is 0 Å². The molecule has 12 heavy (non-hydrogen) atoms. The molecule has 0 bridgehead atoms. The second-order valence-corrected chi connectivity index (χ2v) is 3.36. The topological polar surface area (TPSA) is 26.0 Å². The van der Waals surface area contributed by atoms with Gasteiger partial charge in [0.1, 0.15) is 0 Å². The Morgan fingerprint density at radius 2 is 1.83 bits per heavy atom. The molecule has 1 nitrogen and oxygen atoms in total. The molecular formula is C7H5F3IN. The van der Waals surface area contributed by atoms with Gasteiger partial charge < -0.3 is 5.73 Å². The molecule has 0 amide bonds. The summed E-state index contributed by atoms with van der Waals surface area (Å²) >= 11 is 1.76. The lowest BCUT2D eigenvalue weighted by Crippen LogP contribution is -2.09. The van der Waals surface area contributed by atoms with Crippen LogP contribution in [0.3, 0.4) is 0 Å². The minimum atomic E-state index is -4.36. The third-order valence-electron chi connectivity index (χ3n) is 1.36. The fourth-order valence-corrected chi connectivity index (χ4v) is 1.28. The van der Waals surface area contributed by atoms with E-state index in [1.54, 1.807) is 22.6 Å². The van der Waals surface area contributed by atoms with E-state index in [1.165, 1.54) is 12.1 Å². The van der Waals surface area contributed by atoms with Crippen molar-refractivity contribution < 1.29 is 13.2 Å². The van der Waals surface area contributed by atoms with Crippen LogP contribution in [0.15, 0.2) is 18.2 Å². The normalized spacial score (nSPS) is 11.7. The summed E-state index contributed by atoms with van der Waals surface area (Å²) in [5, 5.41) is 0. The zero-order valence-electron chi connectivity index (χ0n) is 5.82. The summed E-state index contributed by atoms with van der Waals surface area (Å²) in [6, 6.07) is 3.84. The van der Waals surface area contributed by atoms with Crippen molar-refractivity contribution in [2.75, 3.05) is 5.73 Å². The number of benzene rings is 1. The van der Waals surface area contributed by atoms with Crippen LogP contribution in [0.4, 0.5) is 18.9 Å². The van der Waals surface area contributed by atoms with Crippen LogP contribution < -0.4 is 5.73 Å². The number of rotatable bonds is 0. The minimum Gasteiger partial charge on any atom is -0.397 e. The second-order valence-electron chi connectivity index (χ2n) is 2.20. The van der Waals surface area contributed by atoms with Crippen LogP contribution in [-0.2, 0) is 6.18 Å². The van der Waals surface area contributed by atoms with Gasteiger partial charge in [0.15, 0.2) is 0 Å². The molecule has 66 valence electrons. The molecule has 5 heteroatoms. The van der Waals surface area contributed by atoms with E-state index in [2.05, 4.69) is 0 Å². The monoisotopic (exact) mass is 287 g/mol. The van der Waals surface area contributed by atoms with Gasteiger partial charge in [0.25, 0.3) is 0 Å². The number of hydrogen-bond acceptors (Lipinski definition) is 1. The molecule has 2 N–H and O–H groups in total. The fraction of sp³-hybridized carbons (Fsp3) is 0.143. The molecule has 1 rings (SSSR count). The highest BCUT2D eigenvalue weighted by molar-refractivity contribution is 14.1. The van der Waals surface area contributed by atoms with Gasteiger partial charge in [-0.05, 0) is 34.7 Å². The van der Waals surface area contributed by atoms with Crippen molar-refractivity contribution in [1.29, 1.82) is 0 Å². The Balaban J connectivity index is 3.26. The van der Waals surface area contributed by atoms with Crippen LogP contribution in [0.5, 0.6) is 0 Å². The smallest absolute Gasteiger partial charge is 0.397 e. The first-order chi connectivity index (χ1) is 5.43. The predicted molar refractivity (Wildman–Crippen MR) is 48.6 cm³/mol. The first kappa shape index (κ1) is 9.63. The number of alkyl halides is 3. The van der Waals surface area contributed by atoms with E-state index in [9.17, 15) is 13.2 Å². The molecule has 0 aliphatic carbocycles. The highest BCUT2D eigenvalue weighted by Gasteiger charge is 2.33. The Labute approximate surface area is 80.9 Å². The van der Waals surface area contributed by atoms with Gasteiger partial charge in [-0.25, -0.2) is 0 Å². The van der Waals surface area contributed by atoms with Crippen LogP contribution in [0.2, 0.25) is 0 Å². The highest BCUT2D eigenvalue weighted by atomic mass is 127. The van der Waals surface area contributed by atoms with Crippen molar-refractivity contribution >= 4 is 28.3 Å². The van der Waals surface area contributed by atoms with Gasteiger partial charge in [0.05, 0.1) is 11.3 Å². The molecule has 0 heterocycles. The molecule has 0 radical (unpaired) electrons. The van der Waals surface area contributed by atoms with Crippen molar-refractivity contribution in [2.45, 2.75) is 6.18 Å². The Kier molecular flexibility index (Phi) is 2.50. The SMILES string of the molecule is Nc1c(I)cccc1C(F)(F)F. The Morgan fingerprint density at radius 1 is 1.25 bits per heavy atom. The first-order valence-electron chi connectivity index (χ1n) is 3.04. The maximum absolute atomic E-state index is 12.1. The van der Waals surface area contributed by atoms with Crippen molar-refractivity contribution in [3.05, 3.63) is 27.3 Å². The predicted octanol–water partition coefficient (Wildman–Crippen LogP) is 2.89. The molecule has 0 aliphatic rings. The van der Waals surface area contributed by atoms with Gasteiger partial charge in [-0.15, -0.1) is 0 Å². The van der Waals surface area contributed by atoms with E-state index in [4.69, 9.17) is 5.73 Å². The molecule has 1 aromatic rings. The van der Waals surface area contributed by atoms with Crippen LogP contribution >= 0.6 is 22.6 Å². The fourth-order valence-electron chi connectivity index (χ4n) is 0.784. The van der Waals surface area contributed by atoms with Crippen LogP contribution in [0.25, 0.3) is 0 Å². The van der Waals surface area contributed by atoms with Crippen molar-refractivity contribution in [3.63, 3.8) is 0 Å². The summed E-state index contributed by atoms with van der Waals surface area (Å²) < 4.78 is 36.9. The third-order valence-corrected chi connectivity index (χ3v) is 2.30. The number of para-hydroxylation sites is 1. The molecular weight excluding hydrogens is 282 g/mol. The van der Waals surface area contributed by atoms with Gasteiger partial charge in [0.2, 0.25) is 0 Å². The Hall–Kier alpha value is -0.460. The summed E-state index contributed by atoms with van der Waals surface area (Å²) in [6.45, 7) is 0. The molecule has 0 saturated heterocycles. The Morgan fingerprint density at radius 3 is 2.25 bits per heavy atom. The Bertz CT molecular complexity index is 295. The van der Waals surface area contributed by atoms with E-state index in [0.717, 1.165) is 6.07 Å². The zero-order valence-corrected chi connectivity index (χ0v) is 7.98. The zero-order chi connectivity index (χ0) is 9.35. The van der Waals surface area contributed by atoms with Crippen LogP contribution in [0, 0.1) is 3.57 Å². The average molecular weight is 287 g/mol. The van der Waals surface area contributed by atoms with E-state index < -0.39 is 11.7 Å². The average Bonchev–Trinajstić information content (AvgIpc) is 1.92. The summed E-state index contributed by atoms with van der Waals surface area (Å²) in [5.74, 6) is 0. The van der Waals surface area contributed by atoms with Gasteiger partial charge in [0, 0.05) is 3.57 Å². The minimum absolute atomic E-state index is 0.203. The molecule has 0 atom stereocenters. The van der Waals surface area contributed by atoms with Crippen molar-refractivity contribution in [1.82, 2.24) is 0 Å². The summed E-state index contributed by atoms with van der Waals surface area (Å²) in [5.41, 5.74) is 4.27. The molecule has 0 saturated carbocycles. The van der Waals surface area contributed by atoms with E-state index in [1.807, 2.05) is 0 Å². The van der Waals surface area contributed by atoms with E-state index in [-0.39, 0.29) is 5.69 Å². The summed E-state index contributed by atoms with van der Waals surface area (Å²) in [4.78, 5) is 0. The van der Waals surface area contributed by atoms with Gasteiger partial charge in [-0.1, -0.05) is 6.07 Å². The van der Waals surface area contributed by atoms with Crippen molar-refractivity contribution in [3.8, 4) is 0 Å². The lowest BCUT2D eigenvalue weighted by molar-refractivity contribution is -0.136. The number of halogens is 4. The van der Waals surface area contributed by atoms with Gasteiger partial charge >= 0.3 is 6.18 Å². The number of hydrogen-bond donors (Lipinski definition) is 1. The molecule has 0 aliphatic heterocycles. The van der Waals surface area contributed by atoms with Crippen LogP contribution in [-0.4, -0.2) is 0 Å². The largest absolute Gasteiger partial charge is 0.418 e. The number of anilines is 1. The standard InChI is InChI=1S/C7H5F3IN/c8-7(9,10)4-2-1-3-5(11)6(4)12/h1-3H,12H2. The third kappa shape index (κ3) is 1.82. The number of nitrogen functional groups attached to an aromatic ring is 1. The van der Waals surface area contributed by atoms with Gasteiger partial charge in [-0.3, -0.25) is 0 Å². The van der Waals surface area contributed by atoms with Gasteiger partial charge in [-0.2, -0.15) is 13.2 Å². The van der Waals surface area contributed by atoms with Crippen molar-refractivity contribution in [2.24, 2.45) is 0 Å². The van der Waals surface area contributed by atoms with E-state index in [0.29, 0.717) is 3.57 Å². The maximum atomic E-state index is 12.1. The highest BCUT2D eigenvalue weighted by Crippen LogP contribution is 2.35. The lowest BCUT2D eigenvalue weighted by atomic mass is 10.2. The molecule has 0 spiro atoms. The molecule has 1 aromatic carbocycles. The lowest BCUT2D eigenvalue weighted by Gasteiger charge is -2.10. The quantitative estimate of drug-likeness (QED) is 0.576. The summed E-state index contributed by atoms with van der Waals surface area (Å²) in [7, 11) is 0. The molecule has 0 unspecified atom stereocenters. The number of nitrogens with two attached hydrogens (primary N) is 1. The first-order valence-corrected chi connectivity index (χ1v) is 4.12.